The van der Waals surface area contributed by atoms with E-state index in [-0.39, 0.29) is 0 Å². The van der Waals surface area contributed by atoms with Crippen LogP contribution >= 0.6 is 11.6 Å². The number of carbonyl (C=O) groups is 1. The highest BCUT2D eigenvalue weighted by molar-refractivity contribution is 6.32. The fraction of sp³-hybridized carbons (Fsp3) is 0.125. The van der Waals surface area contributed by atoms with Crippen LogP contribution < -0.4 is 0 Å². The number of aromatic hydroxyl groups is 1. The molecule has 82 valence electrons. The molecule has 1 rings (SSSR count). The Labute approximate surface area is 86.7 Å². The van der Waals surface area contributed by atoms with Gasteiger partial charge in [0.15, 0.2) is 0 Å². The molecule has 0 unspecified atom stereocenters. The molecule has 1 aromatic rings. The molecule has 0 aromatic heterocycles. The summed E-state index contributed by atoms with van der Waals surface area (Å²) >= 11 is 5.26. The first-order chi connectivity index (χ1) is 6.73. The van der Waals surface area contributed by atoms with Crippen molar-refractivity contribution in [1.29, 1.82) is 0 Å². The SMILES string of the molecule is O=C(O)c1cc(C(F)(F)F)cc(Cl)c1O. The Morgan fingerprint density at radius 1 is 1.33 bits per heavy atom. The highest BCUT2D eigenvalue weighted by atomic mass is 35.5. The van der Waals surface area contributed by atoms with E-state index >= 15 is 0 Å². The molecule has 0 amide bonds. The van der Waals surface area contributed by atoms with Gasteiger partial charge in [0.05, 0.1) is 10.6 Å². The highest BCUT2D eigenvalue weighted by Crippen LogP contribution is 2.36. The maximum absolute atomic E-state index is 12.2. The lowest BCUT2D eigenvalue weighted by Crippen LogP contribution is -2.07. The van der Waals surface area contributed by atoms with Crippen LogP contribution in [0.2, 0.25) is 5.02 Å². The van der Waals surface area contributed by atoms with Crippen LogP contribution in [0.4, 0.5) is 13.2 Å². The van der Waals surface area contributed by atoms with Crippen molar-refractivity contribution in [3.05, 3.63) is 28.3 Å². The lowest BCUT2D eigenvalue weighted by Gasteiger charge is -2.09. The lowest BCUT2D eigenvalue weighted by atomic mass is 10.1. The third kappa shape index (κ3) is 2.33. The van der Waals surface area contributed by atoms with E-state index in [1.54, 1.807) is 0 Å². The molecule has 7 heteroatoms. The zero-order chi connectivity index (χ0) is 11.8. The van der Waals surface area contributed by atoms with E-state index in [1.165, 1.54) is 0 Å². The number of alkyl halides is 3. The summed E-state index contributed by atoms with van der Waals surface area (Å²) in [5.41, 5.74) is -2.10. The van der Waals surface area contributed by atoms with Crippen LogP contribution in [0.5, 0.6) is 5.75 Å². The molecule has 0 bridgehead atoms. The Balaban J connectivity index is 3.43. The molecule has 0 aliphatic carbocycles. The fourth-order valence-corrected chi connectivity index (χ4v) is 1.15. The van der Waals surface area contributed by atoms with Gasteiger partial charge in [0.25, 0.3) is 0 Å². The maximum Gasteiger partial charge on any atom is 0.416 e. The number of hydrogen-bond donors (Lipinski definition) is 2. The Hall–Kier alpha value is -1.43. The highest BCUT2D eigenvalue weighted by Gasteiger charge is 2.33. The quantitative estimate of drug-likeness (QED) is 0.794. The summed E-state index contributed by atoms with van der Waals surface area (Å²) < 4.78 is 36.6. The van der Waals surface area contributed by atoms with Gasteiger partial charge >= 0.3 is 12.1 Å². The summed E-state index contributed by atoms with van der Waals surface area (Å²) in [6, 6.07) is 0.785. The summed E-state index contributed by atoms with van der Waals surface area (Å²) in [4.78, 5) is 10.5. The Kier molecular flexibility index (Phi) is 2.81. The predicted octanol–water partition coefficient (Wildman–Crippen LogP) is 2.76. The minimum absolute atomic E-state index is 0.323. The van der Waals surface area contributed by atoms with Crippen LogP contribution in [0.1, 0.15) is 15.9 Å². The number of benzene rings is 1. The minimum Gasteiger partial charge on any atom is -0.505 e. The smallest absolute Gasteiger partial charge is 0.416 e. The largest absolute Gasteiger partial charge is 0.505 e. The van der Waals surface area contributed by atoms with E-state index in [0.29, 0.717) is 12.1 Å². The monoisotopic (exact) mass is 240 g/mol. The van der Waals surface area contributed by atoms with Crippen molar-refractivity contribution >= 4 is 17.6 Å². The Morgan fingerprint density at radius 2 is 1.87 bits per heavy atom. The summed E-state index contributed by atoms with van der Waals surface area (Å²) in [6.45, 7) is 0. The van der Waals surface area contributed by atoms with Gasteiger partial charge in [-0.15, -0.1) is 0 Å². The number of halogens is 4. The van der Waals surface area contributed by atoms with Gasteiger partial charge in [-0.3, -0.25) is 0 Å². The molecule has 0 atom stereocenters. The van der Waals surface area contributed by atoms with Crippen molar-refractivity contribution < 1.29 is 28.2 Å². The second-order valence-corrected chi connectivity index (χ2v) is 3.06. The average Bonchev–Trinajstić information content (AvgIpc) is 2.06. The van der Waals surface area contributed by atoms with E-state index < -0.39 is 34.0 Å². The van der Waals surface area contributed by atoms with Crippen molar-refractivity contribution in [3.63, 3.8) is 0 Å². The Morgan fingerprint density at radius 3 is 2.27 bits per heavy atom. The van der Waals surface area contributed by atoms with Gasteiger partial charge in [0, 0.05) is 0 Å². The zero-order valence-corrected chi connectivity index (χ0v) is 7.73. The van der Waals surface area contributed by atoms with E-state index in [4.69, 9.17) is 21.8 Å². The summed E-state index contributed by atoms with van der Waals surface area (Å²) in [5, 5.41) is 16.9. The first kappa shape index (κ1) is 11.6. The topological polar surface area (TPSA) is 57.5 Å². The van der Waals surface area contributed by atoms with Crippen LogP contribution in [-0.4, -0.2) is 16.2 Å². The summed E-state index contributed by atoms with van der Waals surface area (Å²) in [5.74, 6) is -2.56. The number of rotatable bonds is 1. The van der Waals surface area contributed by atoms with Crippen molar-refractivity contribution in [2.24, 2.45) is 0 Å². The summed E-state index contributed by atoms with van der Waals surface area (Å²) in [7, 11) is 0. The third-order valence-corrected chi connectivity index (χ3v) is 1.91. The molecule has 15 heavy (non-hydrogen) atoms. The molecule has 0 heterocycles. The van der Waals surface area contributed by atoms with Crippen LogP contribution in [0.3, 0.4) is 0 Å². The fourth-order valence-electron chi connectivity index (χ4n) is 0.926. The molecule has 0 saturated carbocycles. The van der Waals surface area contributed by atoms with Gasteiger partial charge in [-0.2, -0.15) is 13.2 Å². The number of aromatic carboxylic acids is 1. The van der Waals surface area contributed by atoms with Crippen molar-refractivity contribution in [1.82, 2.24) is 0 Å². The third-order valence-electron chi connectivity index (χ3n) is 1.62. The van der Waals surface area contributed by atoms with E-state index in [2.05, 4.69) is 0 Å². The number of carboxylic acid groups (broad SMARTS) is 1. The molecule has 0 fully saturated rings. The van der Waals surface area contributed by atoms with Gasteiger partial charge in [-0.05, 0) is 12.1 Å². The van der Waals surface area contributed by atoms with Crippen molar-refractivity contribution in [2.45, 2.75) is 6.18 Å². The van der Waals surface area contributed by atoms with Crippen molar-refractivity contribution in [2.75, 3.05) is 0 Å². The van der Waals surface area contributed by atoms with E-state index in [1.807, 2.05) is 0 Å². The molecule has 3 nitrogen and oxygen atoms in total. The van der Waals surface area contributed by atoms with Crippen molar-refractivity contribution in [3.8, 4) is 5.75 Å². The number of carboxylic acids is 1. The first-order valence-corrected chi connectivity index (χ1v) is 3.94. The molecule has 0 aliphatic rings. The molecular formula is C8H4ClF3O3. The second kappa shape index (κ2) is 3.62. The maximum atomic E-state index is 12.2. The standard InChI is InChI=1S/C8H4ClF3O3/c9-5-2-3(8(10,11)12)1-4(6(5)13)7(14)15/h1-2,13H,(H,14,15). The average molecular weight is 241 g/mol. The van der Waals surface area contributed by atoms with Gasteiger partial charge < -0.3 is 10.2 Å². The van der Waals surface area contributed by atoms with E-state index in [0.717, 1.165) is 0 Å². The Bertz CT molecular complexity index is 414. The molecule has 0 radical (unpaired) electrons. The molecule has 0 spiro atoms. The summed E-state index contributed by atoms with van der Waals surface area (Å²) in [6.07, 6.45) is -4.71. The molecular weight excluding hydrogens is 237 g/mol. The minimum atomic E-state index is -4.71. The van der Waals surface area contributed by atoms with Gasteiger partial charge in [0.1, 0.15) is 11.3 Å². The predicted molar refractivity (Wildman–Crippen MR) is 45.1 cm³/mol. The van der Waals surface area contributed by atoms with Crippen LogP contribution in [0.25, 0.3) is 0 Å². The second-order valence-electron chi connectivity index (χ2n) is 2.66. The van der Waals surface area contributed by atoms with Gasteiger partial charge in [-0.1, -0.05) is 11.6 Å². The molecule has 1 aromatic carbocycles. The lowest BCUT2D eigenvalue weighted by molar-refractivity contribution is -0.137. The number of phenols is 1. The van der Waals surface area contributed by atoms with Crippen LogP contribution in [-0.2, 0) is 6.18 Å². The van der Waals surface area contributed by atoms with E-state index in [9.17, 15) is 18.0 Å². The normalized spacial score (nSPS) is 11.5. The zero-order valence-electron chi connectivity index (χ0n) is 6.97. The van der Waals surface area contributed by atoms with Gasteiger partial charge in [-0.25, -0.2) is 4.79 Å². The molecule has 0 saturated heterocycles. The molecule has 2 N–H and O–H groups in total. The van der Waals surface area contributed by atoms with Gasteiger partial charge in [0.2, 0.25) is 0 Å². The van der Waals surface area contributed by atoms with Crippen LogP contribution in [0, 0.1) is 0 Å². The van der Waals surface area contributed by atoms with Crippen LogP contribution in [0.15, 0.2) is 12.1 Å². The molecule has 0 aliphatic heterocycles. The number of hydrogen-bond acceptors (Lipinski definition) is 2. The first-order valence-electron chi connectivity index (χ1n) is 3.56.